The number of carbonyl (C=O) groups is 1. The van der Waals surface area contributed by atoms with Gasteiger partial charge in [-0.25, -0.2) is 8.42 Å². The predicted octanol–water partition coefficient (Wildman–Crippen LogP) is 3.06. The molecule has 0 N–H and O–H groups in total. The van der Waals surface area contributed by atoms with Crippen molar-refractivity contribution in [3.05, 3.63) is 52.5 Å². The summed E-state index contributed by atoms with van der Waals surface area (Å²) in [6.07, 6.45) is 0.661. The Balaban J connectivity index is 1.67. The first kappa shape index (κ1) is 19.9. The zero-order valence-corrected chi connectivity index (χ0v) is 17.6. The van der Waals surface area contributed by atoms with Crippen molar-refractivity contribution in [2.75, 3.05) is 31.6 Å². The van der Waals surface area contributed by atoms with Gasteiger partial charge in [0.1, 0.15) is 12.4 Å². The third-order valence-corrected chi connectivity index (χ3v) is 6.90. The Morgan fingerprint density at radius 2 is 1.93 bits per heavy atom. The molecule has 1 amide bonds. The molecule has 0 aliphatic carbocycles. The number of fused-ring (bicyclic) bond motifs is 1. The van der Waals surface area contributed by atoms with Gasteiger partial charge in [0.25, 0.3) is 0 Å². The van der Waals surface area contributed by atoms with E-state index in [-0.39, 0.29) is 24.0 Å². The molecular weight excluding hydrogens is 432 g/mol. The number of hydrogen-bond donors (Lipinski definition) is 0. The third-order valence-electron chi connectivity index (χ3n) is 4.52. The monoisotopic (exact) mass is 452 g/mol. The molecule has 2 aromatic rings. The molecule has 0 spiro atoms. The lowest BCUT2D eigenvalue weighted by atomic mass is 10.2. The van der Waals surface area contributed by atoms with Gasteiger partial charge in [0.05, 0.1) is 4.90 Å². The molecule has 8 heteroatoms. The molecule has 27 heavy (non-hydrogen) atoms. The van der Waals surface area contributed by atoms with Crippen LogP contribution in [-0.4, -0.2) is 45.4 Å². The molecule has 0 unspecified atom stereocenters. The molecule has 0 aromatic heterocycles. The Kier molecular flexibility index (Phi) is 5.88. The minimum atomic E-state index is -3.62. The lowest BCUT2D eigenvalue weighted by molar-refractivity contribution is -0.116. The zero-order chi connectivity index (χ0) is 19.6. The molecule has 1 heterocycles. The van der Waals surface area contributed by atoms with Crippen molar-refractivity contribution in [3.63, 3.8) is 0 Å². The Hall–Kier alpha value is -1.90. The van der Waals surface area contributed by atoms with Crippen molar-refractivity contribution < 1.29 is 17.9 Å². The van der Waals surface area contributed by atoms with E-state index in [1.807, 2.05) is 24.3 Å². The number of sulfonamides is 1. The van der Waals surface area contributed by atoms with Crippen LogP contribution in [0.3, 0.4) is 0 Å². The zero-order valence-electron chi connectivity index (χ0n) is 15.2. The Bertz CT molecular complexity index is 945. The van der Waals surface area contributed by atoms with E-state index in [9.17, 15) is 13.2 Å². The summed E-state index contributed by atoms with van der Waals surface area (Å²) in [5.41, 5.74) is 1.67. The summed E-state index contributed by atoms with van der Waals surface area (Å²) in [5.74, 6) is 0.650. The van der Waals surface area contributed by atoms with Crippen LogP contribution in [0, 0.1) is 0 Å². The summed E-state index contributed by atoms with van der Waals surface area (Å²) >= 11 is 3.36. The van der Waals surface area contributed by atoms with Crippen LogP contribution in [0.4, 0.5) is 5.69 Å². The van der Waals surface area contributed by atoms with Crippen LogP contribution in [0.25, 0.3) is 0 Å². The van der Waals surface area contributed by atoms with Gasteiger partial charge >= 0.3 is 0 Å². The number of benzene rings is 2. The number of anilines is 1. The summed E-state index contributed by atoms with van der Waals surface area (Å²) in [6, 6.07) is 12.3. The van der Waals surface area contributed by atoms with Gasteiger partial charge in [-0.2, -0.15) is 4.31 Å². The molecule has 0 saturated heterocycles. The number of carbonyl (C=O) groups excluding carboxylic acids is 1. The van der Waals surface area contributed by atoms with Crippen molar-refractivity contribution in [1.29, 1.82) is 0 Å². The van der Waals surface area contributed by atoms with Gasteiger partial charge < -0.3 is 9.64 Å². The standard InChI is InChI=1S/C19H21BrN2O4S/c1-14(23)22-10-9-15-13-18(7-8-19(15)22)27(24,25)21(2)11-12-26-17-5-3-16(20)4-6-17/h3-8,13H,9-12H2,1-2H3. The van der Waals surface area contributed by atoms with Crippen molar-refractivity contribution in [1.82, 2.24) is 4.31 Å². The second kappa shape index (κ2) is 8.00. The van der Waals surface area contributed by atoms with Crippen LogP contribution in [0.1, 0.15) is 12.5 Å². The predicted molar refractivity (Wildman–Crippen MR) is 108 cm³/mol. The normalized spacial score (nSPS) is 13.7. The minimum Gasteiger partial charge on any atom is -0.492 e. The number of amides is 1. The smallest absolute Gasteiger partial charge is 0.242 e. The molecule has 0 atom stereocenters. The fourth-order valence-electron chi connectivity index (χ4n) is 2.99. The molecule has 1 aliphatic heterocycles. The molecule has 144 valence electrons. The van der Waals surface area contributed by atoms with Crippen LogP contribution < -0.4 is 9.64 Å². The lowest BCUT2D eigenvalue weighted by Crippen LogP contribution is -2.31. The highest BCUT2D eigenvalue weighted by Gasteiger charge is 2.26. The van der Waals surface area contributed by atoms with Crippen LogP contribution in [-0.2, 0) is 21.2 Å². The van der Waals surface area contributed by atoms with Crippen molar-refractivity contribution in [2.45, 2.75) is 18.2 Å². The highest BCUT2D eigenvalue weighted by Crippen LogP contribution is 2.31. The van der Waals surface area contributed by atoms with Crippen LogP contribution in [0.2, 0.25) is 0 Å². The van der Waals surface area contributed by atoms with Crippen LogP contribution in [0.5, 0.6) is 5.75 Å². The number of likely N-dealkylation sites (N-methyl/N-ethyl adjacent to an activating group) is 1. The Morgan fingerprint density at radius 1 is 1.22 bits per heavy atom. The van der Waals surface area contributed by atoms with E-state index in [4.69, 9.17) is 4.74 Å². The van der Waals surface area contributed by atoms with Gasteiger partial charge in [0, 0.05) is 37.2 Å². The van der Waals surface area contributed by atoms with E-state index in [0.29, 0.717) is 18.7 Å². The van der Waals surface area contributed by atoms with E-state index in [1.54, 1.807) is 23.1 Å². The Morgan fingerprint density at radius 3 is 2.59 bits per heavy atom. The quantitative estimate of drug-likeness (QED) is 0.675. The second-order valence-corrected chi connectivity index (χ2v) is 9.30. The van der Waals surface area contributed by atoms with E-state index in [0.717, 1.165) is 15.7 Å². The molecule has 3 rings (SSSR count). The minimum absolute atomic E-state index is 0.0356. The summed E-state index contributed by atoms with van der Waals surface area (Å²) in [7, 11) is -2.08. The maximum atomic E-state index is 12.8. The molecular formula is C19H21BrN2O4S. The van der Waals surface area contributed by atoms with Crippen molar-refractivity contribution >= 4 is 37.5 Å². The van der Waals surface area contributed by atoms with Crippen molar-refractivity contribution in [2.24, 2.45) is 0 Å². The fraction of sp³-hybridized carbons (Fsp3) is 0.316. The first-order valence-electron chi connectivity index (χ1n) is 8.55. The molecule has 1 aliphatic rings. The van der Waals surface area contributed by atoms with Gasteiger partial charge in [0.2, 0.25) is 15.9 Å². The summed E-state index contributed by atoms with van der Waals surface area (Å²) in [4.78, 5) is 13.5. The summed E-state index contributed by atoms with van der Waals surface area (Å²) in [6.45, 7) is 2.58. The highest BCUT2D eigenvalue weighted by atomic mass is 79.9. The van der Waals surface area contributed by atoms with E-state index < -0.39 is 10.0 Å². The van der Waals surface area contributed by atoms with E-state index >= 15 is 0 Å². The third kappa shape index (κ3) is 4.34. The van der Waals surface area contributed by atoms with Gasteiger partial charge in [-0.05, 0) is 54.4 Å². The average Bonchev–Trinajstić information content (AvgIpc) is 3.06. The highest BCUT2D eigenvalue weighted by molar-refractivity contribution is 9.10. The summed E-state index contributed by atoms with van der Waals surface area (Å²) < 4.78 is 33.5. The first-order chi connectivity index (χ1) is 12.8. The van der Waals surface area contributed by atoms with E-state index in [2.05, 4.69) is 15.9 Å². The number of hydrogen-bond acceptors (Lipinski definition) is 4. The SMILES string of the molecule is CC(=O)N1CCc2cc(S(=O)(=O)N(C)CCOc3ccc(Br)cc3)ccc21. The van der Waals surface area contributed by atoms with Crippen LogP contribution >= 0.6 is 15.9 Å². The van der Waals surface area contributed by atoms with E-state index in [1.165, 1.54) is 18.3 Å². The molecule has 0 radical (unpaired) electrons. The maximum absolute atomic E-state index is 12.8. The second-order valence-electron chi connectivity index (χ2n) is 6.34. The van der Waals surface area contributed by atoms with Crippen LogP contribution in [0.15, 0.2) is 51.8 Å². The molecule has 6 nitrogen and oxygen atoms in total. The molecule has 0 bridgehead atoms. The van der Waals surface area contributed by atoms with Crippen molar-refractivity contribution in [3.8, 4) is 5.75 Å². The first-order valence-corrected chi connectivity index (χ1v) is 10.8. The average molecular weight is 453 g/mol. The number of nitrogens with zero attached hydrogens (tertiary/aromatic N) is 2. The van der Waals surface area contributed by atoms with Gasteiger partial charge in [-0.15, -0.1) is 0 Å². The topological polar surface area (TPSA) is 66.9 Å². The molecule has 0 saturated carbocycles. The lowest BCUT2D eigenvalue weighted by Gasteiger charge is -2.19. The van der Waals surface area contributed by atoms with Gasteiger partial charge in [0.15, 0.2) is 0 Å². The van der Waals surface area contributed by atoms with Gasteiger partial charge in [-0.3, -0.25) is 4.79 Å². The Labute approximate surface area is 167 Å². The maximum Gasteiger partial charge on any atom is 0.242 e. The number of rotatable bonds is 6. The number of ether oxygens (including phenoxy) is 1. The molecule has 2 aromatic carbocycles. The molecule has 0 fully saturated rings. The largest absolute Gasteiger partial charge is 0.492 e. The number of halogens is 1. The fourth-order valence-corrected chi connectivity index (χ4v) is 4.46. The van der Waals surface area contributed by atoms with Gasteiger partial charge in [-0.1, -0.05) is 15.9 Å². The summed E-state index contributed by atoms with van der Waals surface area (Å²) in [5, 5.41) is 0.